The van der Waals surface area contributed by atoms with Crippen LogP contribution in [0.4, 0.5) is 14.9 Å². The van der Waals surface area contributed by atoms with Gasteiger partial charge in [-0.25, -0.2) is 9.18 Å². The van der Waals surface area contributed by atoms with E-state index in [1.54, 1.807) is 11.0 Å². The number of benzene rings is 3. The third-order valence-corrected chi connectivity index (χ3v) is 6.93. The number of hydrogen-bond acceptors (Lipinski definition) is 7. The number of ether oxygens (including phenoxy) is 1. The lowest BCUT2D eigenvalue weighted by Crippen LogP contribution is -2.54. The summed E-state index contributed by atoms with van der Waals surface area (Å²) in [6, 6.07) is 19.2. The SMILES string of the molecule is Cc1ccc(-c2nc(-c3ccc(CC(NC(=O)N4CCN(c5ccc(Cl)cc5)CC4)OC=O)cc3F)no2)cc1. The third-order valence-electron chi connectivity index (χ3n) is 6.68. The van der Waals surface area contributed by atoms with Gasteiger partial charge in [-0.3, -0.25) is 4.79 Å². The second-order valence-electron chi connectivity index (χ2n) is 9.43. The van der Waals surface area contributed by atoms with Crippen LogP contribution in [-0.2, 0) is 16.0 Å². The summed E-state index contributed by atoms with van der Waals surface area (Å²) in [5, 5.41) is 7.31. The Morgan fingerprint density at radius 1 is 1.10 bits per heavy atom. The number of amides is 2. The Kier molecular flexibility index (Phi) is 8.26. The molecular weight excluding hydrogens is 537 g/mol. The van der Waals surface area contributed by atoms with E-state index in [0.717, 1.165) is 16.8 Å². The Balaban J connectivity index is 1.20. The number of carbonyl (C=O) groups excluding carboxylic acids is 2. The molecule has 1 unspecified atom stereocenters. The molecule has 0 saturated carbocycles. The van der Waals surface area contributed by atoms with Crippen molar-refractivity contribution in [2.24, 2.45) is 0 Å². The largest absolute Gasteiger partial charge is 0.443 e. The molecule has 9 nitrogen and oxygen atoms in total. The minimum atomic E-state index is -0.970. The van der Waals surface area contributed by atoms with Gasteiger partial charge >= 0.3 is 6.03 Å². The molecule has 0 spiro atoms. The first-order valence-corrected chi connectivity index (χ1v) is 13.1. The van der Waals surface area contributed by atoms with Gasteiger partial charge in [0.2, 0.25) is 5.82 Å². The lowest BCUT2D eigenvalue weighted by Gasteiger charge is -2.36. The molecule has 1 N–H and O–H groups in total. The lowest BCUT2D eigenvalue weighted by molar-refractivity contribution is -0.134. The van der Waals surface area contributed by atoms with E-state index in [9.17, 15) is 9.59 Å². The highest BCUT2D eigenvalue weighted by atomic mass is 35.5. The average molecular weight is 564 g/mol. The number of nitrogens with zero attached hydrogens (tertiary/aromatic N) is 4. The molecule has 1 aromatic heterocycles. The molecule has 1 atom stereocenters. The molecule has 1 aliphatic heterocycles. The van der Waals surface area contributed by atoms with Crippen molar-refractivity contribution in [3.05, 3.63) is 88.7 Å². The number of hydrogen-bond donors (Lipinski definition) is 1. The van der Waals surface area contributed by atoms with E-state index in [2.05, 4.69) is 20.4 Å². The number of aryl methyl sites for hydroxylation is 1. The van der Waals surface area contributed by atoms with Gasteiger partial charge in [0.25, 0.3) is 12.4 Å². The molecule has 2 heterocycles. The molecule has 0 bridgehead atoms. The highest BCUT2D eigenvalue weighted by Gasteiger charge is 2.24. The fourth-order valence-electron chi connectivity index (χ4n) is 4.48. The molecule has 4 aromatic rings. The van der Waals surface area contributed by atoms with Crippen LogP contribution in [0, 0.1) is 12.7 Å². The monoisotopic (exact) mass is 563 g/mol. The number of piperazine rings is 1. The fourth-order valence-corrected chi connectivity index (χ4v) is 4.60. The molecule has 40 heavy (non-hydrogen) atoms. The van der Waals surface area contributed by atoms with Gasteiger partial charge in [-0.15, -0.1) is 0 Å². The van der Waals surface area contributed by atoms with Crippen molar-refractivity contribution in [3.8, 4) is 22.8 Å². The molecule has 2 amide bonds. The molecule has 0 aliphatic carbocycles. The number of anilines is 1. The molecule has 0 radical (unpaired) electrons. The van der Waals surface area contributed by atoms with Crippen molar-refractivity contribution in [2.45, 2.75) is 19.6 Å². The smallest absolute Gasteiger partial charge is 0.320 e. The van der Waals surface area contributed by atoms with Crippen LogP contribution in [0.2, 0.25) is 5.02 Å². The molecular formula is C29H27ClFN5O4. The van der Waals surface area contributed by atoms with Gasteiger partial charge in [0.15, 0.2) is 6.23 Å². The van der Waals surface area contributed by atoms with E-state index >= 15 is 4.39 Å². The summed E-state index contributed by atoms with van der Waals surface area (Å²) in [6.45, 7) is 4.49. The van der Waals surface area contributed by atoms with E-state index in [1.807, 2.05) is 55.5 Å². The first kappa shape index (κ1) is 27.1. The van der Waals surface area contributed by atoms with Gasteiger partial charge in [-0.05, 0) is 61.0 Å². The molecule has 1 fully saturated rings. The highest BCUT2D eigenvalue weighted by molar-refractivity contribution is 6.30. The fraction of sp³-hybridized carbons (Fsp3) is 0.241. The minimum absolute atomic E-state index is 0.0767. The number of rotatable bonds is 8. The maximum absolute atomic E-state index is 15.0. The summed E-state index contributed by atoms with van der Waals surface area (Å²) < 4.78 is 25.5. The number of urea groups is 1. The van der Waals surface area contributed by atoms with Crippen LogP contribution in [0.1, 0.15) is 11.1 Å². The molecule has 1 aliphatic rings. The molecule has 3 aromatic carbocycles. The van der Waals surface area contributed by atoms with Gasteiger partial charge in [0.1, 0.15) is 5.82 Å². The quantitative estimate of drug-likeness (QED) is 0.236. The summed E-state index contributed by atoms with van der Waals surface area (Å²) in [5.74, 6) is -0.163. The van der Waals surface area contributed by atoms with E-state index in [1.165, 1.54) is 12.1 Å². The predicted octanol–water partition coefficient (Wildman–Crippen LogP) is 5.08. The van der Waals surface area contributed by atoms with Crippen molar-refractivity contribution >= 4 is 29.8 Å². The Hall–Kier alpha value is -4.44. The Labute approximate surface area is 235 Å². The zero-order chi connectivity index (χ0) is 28.1. The summed E-state index contributed by atoms with van der Waals surface area (Å²) in [4.78, 5) is 32.2. The van der Waals surface area contributed by atoms with E-state index in [0.29, 0.717) is 36.8 Å². The summed E-state index contributed by atoms with van der Waals surface area (Å²) >= 11 is 5.97. The zero-order valence-corrected chi connectivity index (χ0v) is 22.5. The predicted molar refractivity (Wildman–Crippen MR) is 148 cm³/mol. The van der Waals surface area contributed by atoms with Crippen LogP contribution in [0.15, 0.2) is 71.3 Å². The Bertz CT molecular complexity index is 1470. The van der Waals surface area contributed by atoms with Crippen LogP contribution in [0.3, 0.4) is 0 Å². The molecule has 206 valence electrons. The third kappa shape index (κ3) is 6.40. The van der Waals surface area contributed by atoms with Gasteiger partial charge in [0.05, 0.1) is 5.56 Å². The van der Waals surface area contributed by atoms with Crippen molar-refractivity contribution in [1.29, 1.82) is 0 Å². The van der Waals surface area contributed by atoms with Crippen molar-refractivity contribution < 1.29 is 23.2 Å². The standard InChI is InChI=1S/C29H27ClFN5O4/c1-19-2-5-21(6-3-19)28-33-27(34-40-28)24-11-4-20(16-25(24)31)17-26(39-18-37)32-29(38)36-14-12-35(13-15-36)23-9-7-22(30)8-10-23/h2-11,16,18,26H,12-15,17H2,1H3,(H,32,38). The Morgan fingerprint density at radius 2 is 1.82 bits per heavy atom. The van der Waals surface area contributed by atoms with Crippen LogP contribution >= 0.6 is 11.6 Å². The van der Waals surface area contributed by atoms with Gasteiger partial charge in [0, 0.05) is 48.9 Å². The molecule has 1 saturated heterocycles. The van der Waals surface area contributed by atoms with Crippen molar-refractivity contribution in [2.75, 3.05) is 31.1 Å². The first-order valence-electron chi connectivity index (χ1n) is 12.7. The van der Waals surface area contributed by atoms with Crippen LogP contribution in [0.25, 0.3) is 22.8 Å². The van der Waals surface area contributed by atoms with E-state index in [4.69, 9.17) is 20.9 Å². The topological polar surface area (TPSA) is 101 Å². The lowest BCUT2D eigenvalue weighted by atomic mass is 10.1. The van der Waals surface area contributed by atoms with Crippen LogP contribution < -0.4 is 10.2 Å². The normalized spacial score (nSPS) is 14.1. The number of carbonyl (C=O) groups is 2. The second kappa shape index (κ2) is 12.2. The summed E-state index contributed by atoms with van der Waals surface area (Å²) in [6.07, 6.45) is -0.893. The van der Waals surface area contributed by atoms with E-state index < -0.39 is 12.0 Å². The van der Waals surface area contributed by atoms with Crippen LogP contribution in [-0.4, -0.2) is 60.0 Å². The number of aromatic nitrogens is 2. The Morgan fingerprint density at radius 3 is 2.50 bits per heavy atom. The summed E-state index contributed by atoms with van der Waals surface area (Å²) in [5.41, 5.74) is 3.54. The molecule has 11 heteroatoms. The number of nitrogens with one attached hydrogen (secondary N) is 1. The zero-order valence-electron chi connectivity index (χ0n) is 21.7. The van der Waals surface area contributed by atoms with Crippen molar-refractivity contribution in [1.82, 2.24) is 20.4 Å². The maximum atomic E-state index is 15.0. The number of halogens is 2. The van der Waals surface area contributed by atoms with Crippen LogP contribution in [0.5, 0.6) is 0 Å². The minimum Gasteiger partial charge on any atom is -0.443 e. The summed E-state index contributed by atoms with van der Waals surface area (Å²) in [7, 11) is 0. The van der Waals surface area contributed by atoms with E-state index in [-0.39, 0.29) is 36.2 Å². The van der Waals surface area contributed by atoms with Gasteiger partial charge in [-0.1, -0.05) is 40.5 Å². The van der Waals surface area contributed by atoms with Gasteiger partial charge < -0.3 is 24.4 Å². The average Bonchev–Trinajstić information content (AvgIpc) is 3.44. The van der Waals surface area contributed by atoms with Gasteiger partial charge in [-0.2, -0.15) is 4.98 Å². The molecule has 5 rings (SSSR count). The maximum Gasteiger partial charge on any atom is 0.320 e. The second-order valence-corrected chi connectivity index (χ2v) is 9.86. The van der Waals surface area contributed by atoms with Crippen molar-refractivity contribution in [3.63, 3.8) is 0 Å². The first-order chi connectivity index (χ1) is 19.4. The highest BCUT2D eigenvalue weighted by Crippen LogP contribution is 2.26.